The molecule has 10 rings (SSSR count). The van der Waals surface area contributed by atoms with E-state index in [1.165, 1.54) is 0 Å². The third-order valence-corrected chi connectivity index (χ3v) is 9.54. The summed E-state index contributed by atoms with van der Waals surface area (Å²) in [5.41, 5.74) is 12.1. The highest BCUT2D eigenvalue weighted by atomic mass is 16.3. The molecule has 0 aliphatic carbocycles. The second-order valence-corrected chi connectivity index (χ2v) is 12.5. The van der Waals surface area contributed by atoms with E-state index in [-0.39, 0.29) is 0 Å². The van der Waals surface area contributed by atoms with E-state index >= 15 is 0 Å². The fourth-order valence-electron chi connectivity index (χ4n) is 7.23. The highest BCUT2D eigenvalue weighted by Crippen LogP contribution is 2.45. The summed E-state index contributed by atoms with van der Waals surface area (Å²) in [6, 6.07) is 58.3. The van der Waals surface area contributed by atoms with Crippen molar-refractivity contribution in [3.63, 3.8) is 0 Å². The summed E-state index contributed by atoms with van der Waals surface area (Å²) in [7, 11) is 0. The largest absolute Gasteiger partial charge is 0.455 e. The van der Waals surface area contributed by atoms with Crippen molar-refractivity contribution in [1.29, 1.82) is 0 Å². The normalized spacial score (nSPS) is 11.6. The lowest BCUT2D eigenvalue weighted by Crippen LogP contribution is -1.97. The van der Waals surface area contributed by atoms with Gasteiger partial charge in [-0.2, -0.15) is 0 Å². The van der Waals surface area contributed by atoms with Crippen LogP contribution in [-0.4, -0.2) is 9.97 Å². The van der Waals surface area contributed by atoms with Gasteiger partial charge in [0.15, 0.2) is 5.82 Å². The molecule has 3 heterocycles. The van der Waals surface area contributed by atoms with E-state index in [0.29, 0.717) is 5.82 Å². The lowest BCUT2D eigenvalue weighted by Gasteiger charge is -2.14. The van der Waals surface area contributed by atoms with Gasteiger partial charge < -0.3 is 8.83 Å². The highest BCUT2D eigenvalue weighted by molar-refractivity contribution is 6.19. The molecule has 234 valence electrons. The molecule has 0 aliphatic heterocycles. The standard InChI is InChI=1S/C46H28N2O2/c1-3-14-29(15-4-1)31-18-7-8-19-32(31)39-28-40(48-46(47-39)30-16-5-2-6-17-30)37-27-26-34(43-38-21-10-12-25-42(38)50-45(37)43)36-23-13-22-35-33-20-9-11-24-41(33)49-44(35)36/h1-28H. The molecule has 0 saturated carbocycles. The molecular weight excluding hydrogens is 613 g/mol. The van der Waals surface area contributed by atoms with Crippen molar-refractivity contribution in [2.75, 3.05) is 0 Å². The Bertz CT molecular complexity index is 2870. The molecule has 10 aromatic rings. The van der Waals surface area contributed by atoms with Crippen molar-refractivity contribution in [3.05, 3.63) is 170 Å². The summed E-state index contributed by atoms with van der Waals surface area (Å²) < 4.78 is 13.3. The van der Waals surface area contributed by atoms with Gasteiger partial charge in [-0.15, -0.1) is 0 Å². The van der Waals surface area contributed by atoms with Crippen LogP contribution in [0, 0.1) is 0 Å². The lowest BCUT2D eigenvalue weighted by atomic mass is 9.94. The van der Waals surface area contributed by atoms with Crippen molar-refractivity contribution < 1.29 is 8.83 Å². The first-order valence-corrected chi connectivity index (χ1v) is 16.7. The monoisotopic (exact) mass is 640 g/mol. The quantitative estimate of drug-likeness (QED) is 0.188. The fraction of sp³-hybridized carbons (Fsp3) is 0. The van der Waals surface area contributed by atoms with Crippen LogP contribution in [0.5, 0.6) is 0 Å². The Morgan fingerprint density at radius 1 is 0.340 bits per heavy atom. The first-order valence-electron chi connectivity index (χ1n) is 16.7. The van der Waals surface area contributed by atoms with Gasteiger partial charge in [-0.3, -0.25) is 0 Å². The van der Waals surface area contributed by atoms with Crippen LogP contribution in [0.15, 0.2) is 179 Å². The van der Waals surface area contributed by atoms with Gasteiger partial charge in [0.05, 0.1) is 11.4 Å². The summed E-state index contributed by atoms with van der Waals surface area (Å²) in [6.45, 7) is 0. The van der Waals surface area contributed by atoms with E-state index in [1.54, 1.807) is 0 Å². The number of hydrogen-bond acceptors (Lipinski definition) is 4. The van der Waals surface area contributed by atoms with E-state index in [2.05, 4.69) is 121 Å². The second kappa shape index (κ2) is 11.4. The van der Waals surface area contributed by atoms with E-state index in [1.807, 2.05) is 48.5 Å². The number of nitrogens with zero attached hydrogens (tertiary/aromatic N) is 2. The van der Waals surface area contributed by atoms with Gasteiger partial charge in [0.1, 0.15) is 22.3 Å². The summed E-state index contributed by atoms with van der Waals surface area (Å²) >= 11 is 0. The molecule has 0 N–H and O–H groups in total. The van der Waals surface area contributed by atoms with E-state index in [0.717, 1.165) is 94.2 Å². The molecule has 0 radical (unpaired) electrons. The first kappa shape index (κ1) is 28.3. The summed E-state index contributed by atoms with van der Waals surface area (Å²) in [5.74, 6) is 0.654. The first-order chi connectivity index (χ1) is 24.8. The topological polar surface area (TPSA) is 52.1 Å². The maximum atomic E-state index is 6.76. The average Bonchev–Trinajstić information content (AvgIpc) is 3.77. The fourth-order valence-corrected chi connectivity index (χ4v) is 7.23. The van der Waals surface area contributed by atoms with Gasteiger partial charge in [0.25, 0.3) is 0 Å². The average molecular weight is 641 g/mol. The van der Waals surface area contributed by atoms with Crippen LogP contribution in [0.1, 0.15) is 0 Å². The lowest BCUT2D eigenvalue weighted by molar-refractivity contribution is 0.669. The predicted octanol–water partition coefficient (Wildman–Crippen LogP) is 12.6. The number of para-hydroxylation sites is 3. The van der Waals surface area contributed by atoms with E-state index in [4.69, 9.17) is 18.8 Å². The molecule has 0 bridgehead atoms. The maximum absolute atomic E-state index is 6.76. The van der Waals surface area contributed by atoms with Gasteiger partial charge in [-0.25, -0.2) is 9.97 Å². The van der Waals surface area contributed by atoms with Crippen LogP contribution in [0.3, 0.4) is 0 Å². The predicted molar refractivity (Wildman–Crippen MR) is 204 cm³/mol. The minimum Gasteiger partial charge on any atom is -0.455 e. The molecule has 0 atom stereocenters. The SMILES string of the molecule is c1ccc(-c2nc(-c3ccccc3-c3ccccc3)cc(-c3ccc(-c4cccc5c4oc4ccccc45)c4c3oc3ccccc34)n2)cc1. The maximum Gasteiger partial charge on any atom is 0.160 e. The van der Waals surface area contributed by atoms with Crippen LogP contribution in [0.4, 0.5) is 0 Å². The number of benzene rings is 7. The zero-order valence-electron chi connectivity index (χ0n) is 26.9. The van der Waals surface area contributed by atoms with Gasteiger partial charge >= 0.3 is 0 Å². The zero-order chi connectivity index (χ0) is 33.0. The smallest absolute Gasteiger partial charge is 0.160 e. The molecule has 3 aromatic heterocycles. The molecule has 0 spiro atoms. The molecule has 4 nitrogen and oxygen atoms in total. The van der Waals surface area contributed by atoms with Crippen molar-refractivity contribution in [2.45, 2.75) is 0 Å². The number of furan rings is 2. The molecule has 0 saturated heterocycles. The van der Waals surface area contributed by atoms with Gasteiger partial charge in [-0.05, 0) is 41.0 Å². The highest BCUT2D eigenvalue weighted by Gasteiger charge is 2.22. The number of hydrogen-bond donors (Lipinski definition) is 0. The molecular formula is C46H28N2O2. The van der Waals surface area contributed by atoms with Crippen molar-refractivity contribution in [1.82, 2.24) is 9.97 Å². The molecule has 50 heavy (non-hydrogen) atoms. The summed E-state index contributed by atoms with van der Waals surface area (Å²) in [4.78, 5) is 10.4. The Morgan fingerprint density at radius 2 is 0.880 bits per heavy atom. The molecule has 0 amide bonds. The molecule has 4 heteroatoms. The van der Waals surface area contributed by atoms with Gasteiger partial charge in [0, 0.05) is 43.8 Å². The number of rotatable bonds is 5. The van der Waals surface area contributed by atoms with E-state index in [9.17, 15) is 0 Å². The van der Waals surface area contributed by atoms with Crippen LogP contribution < -0.4 is 0 Å². The third-order valence-electron chi connectivity index (χ3n) is 9.54. The van der Waals surface area contributed by atoms with Gasteiger partial charge in [-0.1, -0.05) is 146 Å². The van der Waals surface area contributed by atoms with E-state index < -0.39 is 0 Å². The van der Waals surface area contributed by atoms with Gasteiger partial charge in [0.2, 0.25) is 0 Å². The van der Waals surface area contributed by atoms with Crippen LogP contribution in [-0.2, 0) is 0 Å². The summed E-state index contributed by atoms with van der Waals surface area (Å²) in [6.07, 6.45) is 0. The third kappa shape index (κ3) is 4.54. The second-order valence-electron chi connectivity index (χ2n) is 12.5. The Hall–Kier alpha value is -6.78. The van der Waals surface area contributed by atoms with Crippen LogP contribution in [0.2, 0.25) is 0 Å². The minimum absolute atomic E-state index is 0.654. The Labute approximate surface area is 287 Å². The number of fused-ring (bicyclic) bond motifs is 6. The van der Waals surface area contributed by atoms with Crippen molar-refractivity contribution in [2.24, 2.45) is 0 Å². The molecule has 0 fully saturated rings. The zero-order valence-corrected chi connectivity index (χ0v) is 26.9. The Morgan fingerprint density at radius 3 is 1.66 bits per heavy atom. The van der Waals surface area contributed by atoms with Crippen molar-refractivity contribution >= 4 is 43.9 Å². The molecule has 7 aromatic carbocycles. The Kier molecular flexibility index (Phi) is 6.46. The van der Waals surface area contributed by atoms with Crippen molar-refractivity contribution in [3.8, 4) is 56.2 Å². The minimum atomic E-state index is 0.654. The van der Waals surface area contributed by atoms with Crippen LogP contribution in [0.25, 0.3) is 100 Å². The summed E-state index contributed by atoms with van der Waals surface area (Å²) in [5, 5.41) is 4.26. The molecule has 0 unspecified atom stereocenters. The number of aromatic nitrogens is 2. The Balaban J connectivity index is 1.25. The molecule has 0 aliphatic rings. The van der Waals surface area contributed by atoms with Crippen LogP contribution >= 0.6 is 0 Å².